The van der Waals surface area contributed by atoms with Gasteiger partial charge >= 0.3 is 5.91 Å². The zero-order chi connectivity index (χ0) is 16.8. The number of benzene rings is 1. The fourth-order valence-corrected chi connectivity index (χ4v) is 2.00. The van der Waals surface area contributed by atoms with Crippen molar-refractivity contribution in [2.24, 2.45) is 5.10 Å². The largest absolute Gasteiger partial charge is 0.459 e. The Labute approximate surface area is 139 Å². The quantitative estimate of drug-likeness (QED) is 0.615. The summed E-state index contributed by atoms with van der Waals surface area (Å²) in [5, 5.41) is 6.23. The molecule has 0 saturated heterocycles. The molecule has 0 fully saturated rings. The van der Waals surface area contributed by atoms with Crippen molar-refractivity contribution in [2.75, 3.05) is 5.32 Å². The third-order valence-corrected chi connectivity index (χ3v) is 3.21. The van der Waals surface area contributed by atoms with Crippen LogP contribution in [0.25, 0.3) is 0 Å². The Bertz CT molecular complexity index is 744. The first-order chi connectivity index (χ1) is 11.0. The number of hydrogen-bond acceptors (Lipinski definition) is 4. The van der Waals surface area contributed by atoms with Gasteiger partial charge in [0.1, 0.15) is 5.82 Å². The number of nitrogens with zero attached hydrogens (tertiary/aromatic N) is 1. The third-order valence-electron chi connectivity index (χ3n) is 2.71. The molecule has 8 heteroatoms. The summed E-state index contributed by atoms with van der Waals surface area (Å²) in [6.45, 7) is 1.57. The predicted molar refractivity (Wildman–Crippen MR) is 86.6 cm³/mol. The summed E-state index contributed by atoms with van der Waals surface area (Å²) in [5.74, 6) is -1.40. The van der Waals surface area contributed by atoms with Gasteiger partial charge in [-0.2, -0.15) is 5.10 Å². The summed E-state index contributed by atoms with van der Waals surface area (Å²) in [5.41, 5.74) is 2.70. The van der Waals surface area contributed by atoms with Crippen LogP contribution in [-0.2, 0) is 4.79 Å². The van der Waals surface area contributed by atoms with Crippen LogP contribution in [0.3, 0.4) is 0 Å². The molecule has 0 bridgehead atoms. The Morgan fingerprint density at radius 3 is 2.78 bits per heavy atom. The molecule has 0 aliphatic carbocycles. The maximum absolute atomic E-state index is 13.6. The number of halogens is 2. The monoisotopic (exact) mass is 381 g/mol. The first kappa shape index (κ1) is 16.9. The molecule has 0 aliphatic heterocycles. The summed E-state index contributed by atoms with van der Waals surface area (Å²) in [4.78, 5) is 23.4. The lowest BCUT2D eigenvalue weighted by Crippen LogP contribution is -2.21. The van der Waals surface area contributed by atoms with E-state index in [1.807, 2.05) is 0 Å². The average Bonchev–Trinajstić information content (AvgIpc) is 3.02. The molecule has 1 aromatic carbocycles. The molecule has 23 heavy (non-hydrogen) atoms. The second kappa shape index (κ2) is 7.68. The molecule has 0 radical (unpaired) electrons. The molecular formula is C15H13BrFN3O3. The summed E-state index contributed by atoms with van der Waals surface area (Å²) in [7, 11) is 0. The number of rotatable bonds is 5. The molecule has 2 rings (SSSR count). The van der Waals surface area contributed by atoms with Gasteiger partial charge in [-0.15, -0.1) is 0 Å². The van der Waals surface area contributed by atoms with Crippen LogP contribution in [-0.4, -0.2) is 17.5 Å². The number of carbonyl (C=O) groups excluding carboxylic acids is 2. The van der Waals surface area contributed by atoms with E-state index in [1.165, 1.54) is 24.5 Å². The van der Waals surface area contributed by atoms with Gasteiger partial charge in [0.05, 0.1) is 18.4 Å². The molecule has 1 heterocycles. The van der Waals surface area contributed by atoms with Gasteiger partial charge in [0, 0.05) is 10.2 Å². The molecule has 120 valence electrons. The topological polar surface area (TPSA) is 83.7 Å². The third kappa shape index (κ3) is 5.03. The van der Waals surface area contributed by atoms with E-state index in [4.69, 9.17) is 4.42 Å². The van der Waals surface area contributed by atoms with Crippen molar-refractivity contribution in [2.45, 2.75) is 13.3 Å². The molecule has 2 amide bonds. The van der Waals surface area contributed by atoms with Crippen LogP contribution in [0.4, 0.5) is 10.1 Å². The van der Waals surface area contributed by atoms with Gasteiger partial charge in [0.2, 0.25) is 5.91 Å². The van der Waals surface area contributed by atoms with E-state index < -0.39 is 17.6 Å². The standard InChI is InChI=1S/C15H13BrFN3O3/c1-9(19-20-15(22)13-3-2-6-23-13)7-14(21)18-12-5-4-10(16)8-11(12)17/h2-6,8H,7H2,1H3,(H,18,21)(H,20,22). The van der Waals surface area contributed by atoms with Gasteiger partial charge < -0.3 is 9.73 Å². The van der Waals surface area contributed by atoms with E-state index in [0.717, 1.165) is 0 Å². The van der Waals surface area contributed by atoms with E-state index in [-0.39, 0.29) is 17.9 Å². The summed E-state index contributed by atoms with van der Waals surface area (Å²) in [6, 6.07) is 7.38. The second-order valence-electron chi connectivity index (χ2n) is 4.61. The van der Waals surface area contributed by atoms with Crippen molar-refractivity contribution in [1.29, 1.82) is 0 Å². The van der Waals surface area contributed by atoms with E-state index >= 15 is 0 Å². The van der Waals surface area contributed by atoms with Crippen LogP contribution in [0.2, 0.25) is 0 Å². The fraction of sp³-hybridized carbons (Fsp3) is 0.133. The zero-order valence-electron chi connectivity index (χ0n) is 12.1. The zero-order valence-corrected chi connectivity index (χ0v) is 13.7. The highest BCUT2D eigenvalue weighted by Gasteiger charge is 2.10. The maximum atomic E-state index is 13.6. The lowest BCUT2D eigenvalue weighted by Gasteiger charge is -2.06. The average molecular weight is 382 g/mol. The van der Waals surface area contributed by atoms with E-state index in [0.29, 0.717) is 10.2 Å². The minimum Gasteiger partial charge on any atom is -0.459 e. The van der Waals surface area contributed by atoms with Crippen LogP contribution in [0.1, 0.15) is 23.9 Å². The number of hydrazone groups is 1. The Balaban J connectivity index is 1.89. The van der Waals surface area contributed by atoms with Crippen LogP contribution in [0.15, 0.2) is 50.6 Å². The van der Waals surface area contributed by atoms with Gasteiger partial charge in [0.25, 0.3) is 0 Å². The number of carbonyl (C=O) groups is 2. The first-order valence-corrected chi connectivity index (χ1v) is 7.37. The summed E-state index contributed by atoms with van der Waals surface area (Å²) >= 11 is 3.13. The normalized spacial score (nSPS) is 11.2. The highest BCUT2D eigenvalue weighted by Crippen LogP contribution is 2.19. The van der Waals surface area contributed by atoms with Gasteiger partial charge in [-0.3, -0.25) is 9.59 Å². The Morgan fingerprint density at radius 1 is 1.35 bits per heavy atom. The number of amides is 2. The van der Waals surface area contributed by atoms with Gasteiger partial charge in [-0.25, -0.2) is 9.82 Å². The summed E-state index contributed by atoms with van der Waals surface area (Å²) in [6.07, 6.45) is 1.28. The SMILES string of the molecule is CC(CC(=O)Nc1ccc(Br)cc1F)=NNC(=O)c1ccco1. The first-order valence-electron chi connectivity index (χ1n) is 6.57. The van der Waals surface area contributed by atoms with Crippen LogP contribution in [0, 0.1) is 5.82 Å². The molecule has 0 atom stereocenters. The molecule has 0 saturated carbocycles. The number of furan rings is 1. The summed E-state index contributed by atoms with van der Waals surface area (Å²) < 4.78 is 19.1. The van der Waals surface area contributed by atoms with E-state index in [1.54, 1.807) is 19.1 Å². The van der Waals surface area contributed by atoms with Crippen molar-refractivity contribution >= 4 is 39.1 Å². The minimum absolute atomic E-state index is 0.0746. The fourth-order valence-electron chi connectivity index (χ4n) is 1.67. The predicted octanol–water partition coefficient (Wildman–Crippen LogP) is 3.32. The van der Waals surface area contributed by atoms with Crippen LogP contribution in [0.5, 0.6) is 0 Å². The number of nitrogens with one attached hydrogen (secondary N) is 2. The number of anilines is 1. The highest BCUT2D eigenvalue weighted by atomic mass is 79.9. The van der Waals surface area contributed by atoms with Crippen molar-refractivity contribution < 1.29 is 18.4 Å². The molecule has 0 aliphatic rings. The Kier molecular flexibility index (Phi) is 5.64. The van der Waals surface area contributed by atoms with Crippen molar-refractivity contribution in [3.8, 4) is 0 Å². The molecule has 0 spiro atoms. The smallest absolute Gasteiger partial charge is 0.307 e. The van der Waals surface area contributed by atoms with Crippen molar-refractivity contribution in [3.05, 3.63) is 52.6 Å². The van der Waals surface area contributed by atoms with Gasteiger partial charge in [-0.05, 0) is 37.3 Å². The Morgan fingerprint density at radius 2 is 2.13 bits per heavy atom. The highest BCUT2D eigenvalue weighted by molar-refractivity contribution is 9.10. The molecule has 1 aromatic heterocycles. The Hall–Kier alpha value is -2.48. The lowest BCUT2D eigenvalue weighted by molar-refractivity contribution is -0.115. The molecule has 0 unspecified atom stereocenters. The molecule has 6 nitrogen and oxygen atoms in total. The van der Waals surface area contributed by atoms with E-state index in [9.17, 15) is 14.0 Å². The molecule has 2 aromatic rings. The van der Waals surface area contributed by atoms with E-state index in [2.05, 4.69) is 31.8 Å². The van der Waals surface area contributed by atoms with Crippen molar-refractivity contribution in [3.63, 3.8) is 0 Å². The lowest BCUT2D eigenvalue weighted by atomic mass is 10.2. The van der Waals surface area contributed by atoms with Crippen molar-refractivity contribution in [1.82, 2.24) is 5.43 Å². The number of hydrogen-bond donors (Lipinski definition) is 2. The maximum Gasteiger partial charge on any atom is 0.307 e. The van der Waals surface area contributed by atoms with Crippen LogP contribution < -0.4 is 10.7 Å². The van der Waals surface area contributed by atoms with Gasteiger partial charge in [0.15, 0.2) is 5.76 Å². The molecule has 2 N–H and O–H groups in total. The molecular weight excluding hydrogens is 369 g/mol. The second-order valence-corrected chi connectivity index (χ2v) is 5.53. The minimum atomic E-state index is -0.548. The van der Waals surface area contributed by atoms with Crippen LogP contribution >= 0.6 is 15.9 Å². The van der Waals surface area contributed by atoms with Gasteiger partial charge in [-0.1, -0.05) is 15.9 Å².